The Morgan fingerprint density at radius 3 is 2.71 bits per heavy atom. The lowest BCUT2D eigenvalue weighted by atomic mass is 10.2. The lowest BCUT2D eigenvalue weighted by molar-refractivity contribution is 0.444. The predicted molar refractivity (Wildman–Crippen MR) is 56.5 cm³/mol. The van der Waals surface area contributed by atoms with Gasteiger partial charge in [-0.2, -0.15) is 0 Å². The molecule has 0 spiro atoms. The van der Waals surface area contributed by atoms with Crippen molar-refractivity contribution in [3.8, 4) is 11.5 Å². The van der Waals surface area contributed by atoms with E-state index in [0.717, 1.165) is 0 Å². The summed E-state index contributed by atoms with van der Waals surface area (Å²) in [4.78, 5) is 0. The van der Waals surface area contributed by atoms with Crippen molar-refractivity contribution in [2.45, 2.75) is 6.54 Å². The standard InChI is InChI=1S/C10H12ClNO2/c1-7(11)5-12-6-8-2-3-9(13)4-10(8)14/h2-4,12-14H,1,5-6H2. The molecule has 0 atom stereocenters. The fourth-order valence-corrected chi connectivity index (χ4v) is 1.13. The average Bonchev–Trinajstić information content (AvgIpc) is 2.08. The maximum absolute atomic E-state index is 9.40. The summed E-state index contributed by atoms with van der Waals surface area (Å²) in [6.45, 7) is 4.50. The first kappa shape index (κ1) is 10.9. The van der Waals surface area contributed by atoms with Gasteiger partial charge in [-0.15, -0.1) is 0 Å². The molecule has 0 aliphatic heterocycles. The van der Waals surface area contributed by atoms with Crippen molar-refractivity contribution in [3.63, 3.8) is 0 Å². The lowest BCUT2D eigenvalue weighted by Gasteiger charge is -2.06. The van der Waals surface area contributed by atoms with E-state index >= 15 is 0 Å². The van der Waals surface area contributed by atoms with Gasteiger partial charge in [-0.25, -0.2) is 0 Å². The third-order valence-corrected chi connectivity index (χ3v) is 1.83. The summed E-state index contributed by atoms with van der Waals surface area (Å²) in [7, 11) is 0. The van der Waals surface area contributed by atoms with Crippen LogP contribution in [0.5, 0.6) is 11.5 Å². The Bertz CT molecular complexity index is 339. The van der Waals surface area contributed by atoms with Crippen molar-refractivity contribution < 1.29 is 10.2 Å². The summed E-state index contributed by atoms with van der Waals surface area (Å²) in [5.74, 6) is 0.116. The van der Waals surface area contributed by atoms with Gasteiger partial charge in [0.05, 0.1) is 0 Å². The molecule has 0 fully saturated rings. The molecule has 14 heavy (non-hydrogen) atoms. The molecule has 0 radical (unpaired) electrons. The molecule has 1 rings (SSSR count). The number of aromatic hydroxyl groups is 2. The molecule has 0 heterocycles. The normalized spacial score (nSPS) is 10.1. The first-order valence-electron chi connectivity index (χ1n) is 4.14. The average molecular weight is 214 g/mol. The van der Waals surface area contributed by atoms with E-state index in [0.29, 0.717) is 23.7 Å². The summed E-state index contributed by atoms with van der Waals surface area (Å²) >= 11 is 5.55. The highest BCUT2D eigenvalue weighted by Gasteiger charge is 2.01. The number of phenolic OH excluding ortho intramolecular Hbond substituents is 2. The van der Waals surface area contributed by atoms with Crippen molar-refractivity contribution >= 4 is 11.6 Å². The van der Waals surface area contributed by atoms with Crippen LogP contribution in [0.4, 0.5) is 0 Å². The van der Waals surface area contributed by atoms with Crippen LogP contribution in [0.2, 0.25) is 0 Å². The third-order valence-electron chi connectivity index (χ3n) is 1.70. The Morgan fingerprint density at radius 2 is 2.14 bits per heavy atom. The van der Waals surface area contributed by atoms with Crippen LogP contribution in [0.1, 0.15) is 5.56 Å². The van der Waals surface area contributed by atoms with Crippen LogP contribution in [-0.4, -0.2) is 16.8 Å². The van der Waals surface area contributed by atoms with Crippen molar-refractivity contribution in [1.29, 1.82) is 0 Å². The van der Waals surface area contributed by atoms with Crippen LogP contribution in [0.25, 0.3) is 0 Å². The summed E-state index contributed by atoms with van der Waals surface area (Å²) in [6.07, 6.45) is 0. The molecule has 0 amide bonds. The summed E-state index contributed by atoms with van der Waals surface area (Å²) < 4.78 is 0. The van der Waals surface area contributed by atoms with Gasteiger partial charge in [-0.3, -0.25) is 0 Å². The van der Waals surface area contributed by atoms with Crippen molar-refractivity contribution in [2.24, 2.45) is 0 Å². The fourth-order valence-electron chi connectivity index (χ4n) is 1.03. The highest BCUT2D eigenvalue weighted by atomic mass is 35.5. The molecule has 3 nitrogen and oxygen atoms in total. The molecule has 1 aromatic carbocycles. The molecule has 0 unspecified atom stereocenters. The SMILES string of the molecule is C=C(Cl)CNCc1ccc(O)cc1O. The molecular formula is C10H12ClNO2. The van der Waals surface area contributed by atoms with E-state index in [-0.39, 0.29) is 11.5 Å². The zero-order chi connectivity index (χ0) is 10.6. The van der Waals surface area contributed by atoms with E-state index in [1.54, 1.807) is 6.07 Å². The van der Waals surface area contributed by atoms with Crippen LogP contribution in [0.15, 0.2) is 29.8 Å². The van der Waals surface area contributed by atoms with Crippen molar-refractivity contribution in [2.75, 3.05) is 6.54 Å². The number of halogens is 1. The van der Waals surface area contributed by atoms with Crippen molar-refractivity contribution in [3.05, 3.63) is 35.4 Å². The molecule has 0 bridgehead atoms. The van der Waals surface area contributed by atoms with Gasteiger partial charge in [0.25, 0.3) is 0 Å². The number of hydrogen-bond acceptors (Lipinski definition) is 3. The van der Waals surface area contributed by atoms with Gasteiger partial charge in [-0.05, 0) is 6.07 Å². The van der Waals surface area contributed by atoms with Gasteiger partial charge in [0.15, 0.2) is 0 Å². The summed E-state index contributed by atoms with van der Waals surface area (Å²) in [6, 6.07) is 4.47. The van der Waals surface area contributed by atoms with Crippen LogP contribution in [0.3, 0.4) is 0 Å². The second kappa shape index (κ2) is 4.88. The third kappa shape index (κ3) is 3.28. The summed E-state index contributed by atoms with van der Waals surface area (Å²) in [5.41, 5.74) is 0.709. The van der Waals surface area contributed by atoms with Gasteiger partial charge >= 0.3 is 0 Å². The van der Waals surface area contributed by atoms with Gasteiger partial charge in [0.2, 0.25) is 0 Å². The highest BCUT2D eigenvalue weighted by Crippen LogP contribution is 2.22. The predicted octanol–water partition coefficient (Wildman–Crippen LogP) is 1.94. The second-order valence-electron chi connectivity index (χ2n) is 2.93. The van der Waals surface area contributed by atoms with Crippen LogP contribution < -0.4 is 5.32 Å². The van der Waals surface area contributed by atoms with E-state index in [2.05, 4.69) is 11.9 Å². The van der Waals surface area contributed by atoms with E-state index < -0.39 is 0 Å². The maximum Gasteiger partial charge on any atom is 0.123 e. The maximum atomic E-state index is 9.40. The zero-order valence-electron chi connectivity index (χ0n) is 7.63. The Kier molecular flexibility index (Phi) is 3.80. The Morgan fingerprint density at radius 1 is 1.43 bits per heavy atom. The minimum absolute atomic E-state index is 0.0491. The number of hydrogen-bond donors (Lipinski definition) is 3. The van der Waals surface area contributed by atoms with Crippen LogP contribution >= 0.6 is 11.6 Å². The Labute approximate surface area is 87.6 Å². The Hall–Kier alpha value is -1.19. The second-order valence-corrected chi connectivity index (χ2v) is 3.47. The van der Waals surface area contributed by atoms with E-state index in [4.69, 9.17) is 16.7 Å². The van der Waals surface area contributed by atoms with Gasteiger partial charge in [-0.1, -0.05) is 24.2 Å². The topological polar surface area (TPSA) is 52.5 Å². The van der Waals surface area contributed by atoms with Gasteiger partial charge in [0.1, 0.15) is 11.5 Å². The molecule has 3 N–H and O–H groups in total. The smallest absolute Gasteiger partial charge is 0.123 e. The van der Waals surface area contributed by atoms with E-state index in [1.807, 2.05) is 0 Å². The van der Waals surface area contributed by atoms with Crippen molar-refractivity contribution in [1.82, 2.24) is 5.32 Å². The lowest BCUT2D eigenvalue weighted by Crippen LogP contribution is -2.14. The summed E-state index contributed by atoms with van der Waals surface area (Å²) in [5, 5.41) is 21.9. The molecule has 76 valence electrons. The number of benzene rings is 1. The minimum Gasteiger partial charge on any atom is -0.508 e. The molecule has 0 aromatic heterocycles. The molecule has 4 heteroatoms. The van der Waals surface area contributed by atoms with Crippen LogP contribution in [0, 0.1) is 0 Å². The minimum atomic E-state index is 0.0491. The molecule has 0 aliphatic carbocycles. The highest BCUT2D eigenvalue weighted by molar-refractivity contribution is 6.29. The number of rotatable bonds is 4. The first-order valence-corrected chi connectivity index (χ1v) is 4.52. The first-order chi connectivity index (χ1) is 6.59. The van der Waals surface area contributed by atoms with E-state index in [1.165, 1.54) is 12.1 Å². The largest absolute Gasteiger partial charge is 0.508 e. The molecular weight excluding hydrogens is 202 g/mol. The molecule has 0 aliphatic rings. The molecule has 0 saturated carbocycles. The molecule has 0 saturated heterocycles. The monoisotopic (exact) mass is 213 g/mol. The fraction of sp³-hybridized carbons (Fsp3) is 0.200. The molecule has 1 aromatic rings. The number of phenols is 2. The quantitative estimate of drug-likeness (QED) is 0.717. The Balaban J connectivity index is 2.55. The number of nitrogens with one attached hydrogen (secondary N) is 1. The zero-order valence-corrected chi connectivity index (χ0v) is 8.38. The van der Waals surface area contributed by atoms with E-state index in [9.17, 15) is 5.11 Å². The van der Waals surface area contributed by atoms with Gasteiger partial charge in [0, 0.05) is 29.8 Å². The van der Waals surface area contributed by atoms with Gasteiger partial charge < -0.3 is 15.5 Å². The van der Waals surface area contributed by atoms with Crippen LogP contribution in [-0.2, 0) is 6.54 Å².